The minimum atomic E-state index is 0.558. The normalized spacial score (nSPS) is 9.92. The molecule has 2 N–H and O–H groups in total. The first-order chi connectivity index (χ1) is 12.3. The summed E-state index contributed by atoms with van der Waals surface area (Å²) in [5, 5.41) is 15.5. The highest BCUT2D eigenvalue weighted by molar-refractivity contribution is 5.67. The Balaban J connectivity index is 1.74. The van der Waals surface area contributed by atoms with Gasteiger partial charge in [-0.2, -0.15) is 5.26 Å². The largest absolute Gasteiger partial charge is 0.494 e. The molecule has 0 unspecified atom stereocenters. The van der Waals surface area contributed by atoms with E-state index >= 15 is 0 Å². The maximum absolute atomic E-state index is 9.16. The zero-order chi connectivity index (χ0) is 17.5. The molecule has 2 aromatic carbocycles. The fourth-order valence-electron chi connectivity index (χ4n) is 2.27. The SMILES string of the molecule is CCOc1ccc(Nc2cc(Nc3ccccc3C#N)ncn2)cc1. The first-order valence-electron chi connectivity index (χ1n) is 7.86. The van der Waals surface area contributed by atoms with Gasteiger partial charge in [-0.15, -0.1) is 0 Å². The van der Waals surface area contributed by atoms with Crippen LogP contribution in [-0.2, 0) is 0 Å². The molecule has 124 valence electrons. The summed E-state index contributed by atoms with van der Waals surface area (Å²) < 4.78 is 5.43. The van der Waals surface area contributed by atoms with Crippen LogP contribution in [0.3, 0.4) is 0 Å². The topological polar surface area (TPSA) is 82.9 Å². The summed E-state index contributed by atoms with van der Waals surface area (Å²) in [4.78, 5) is 8.42. The molecule has 1 heterocycles. The second kappa shape index (κ2) is 7.79. The molecule has 3 aromatic rings. The maximum atomic E-state index is 9.16. The van der Waals surface area contributed by atoms with E-state index < -0.39 is 0 Å². The maximum Gasteiger partial charge on any atom is 0.135 e. The van der Waals surface area contributed by atoms with Gasteiger partial charge in [0.1, 0.15) is 29.8 Å². The van der Waals surface area contributed by atoms with Gasteiger partial charge in [0, 0.05) is 11.8 Å². The smallest absolute Gasteiger partial charge is 0.135 e. The van der Waals surface area contributed by atoms with E-state index in [1.165, 1.54) is 6.33 Å². The first kappa shape index (κ1) is 16.3. The molecule has 0 fully saturated rings. The number of hydrogen-bond acceptors (Lipinski definition) is 6. The van der Waals surface area contributed by atoms with Gasteiger partial charge >= 0.3 is 0 Å². The molecule has 6 heteroatoms. The fourth-order valence-corrected chi connectivity index (χ4v) is 2.27. The molecule has 0 radical (unpaired) electrons. The van der Waals surface area contributed by atoms with Crippen LogP contribution in [0.15, 0.2) is 60.9 Å². The molecule has 1 aromatic heterocycles. The van der Waals surface area contributed by atoms with Crippen molar-refractivity contribution >= 4 is 23.0 Å². The molecule has 0 aliphatic rings. The highest BCUT2D eigenvalue weighted by Gasteiger charge is 2.04. The number of para-hydroxylation sites is 1. The molecular formula is C19H17N5O. The van der Waals surface area contributed by atoms with E-state index in [9.17, 15) is 0 Å². The Labute approximate surface area is 146 Å². The van der Waals surface area contributed by atoms with Crippen LogP contribution in [0.1, 0.15) is 12.5 Å². The summed E-state index contributed by atoms with van der Waals surface area (Å²) in [5.74, 6) is 2.08. The molecule has 0 atom stereocenters. The van der Waals surface area contributed by atoms with E-state index in [2.05, 4.69) is 26.7 Å². The molecule has 0 amide bonds. The zero-order valence-electron chi connectivity index (χ0n) is 13.7. The Morgan fingerprint density at radius 1 is 1.00 bits per heavy atom. The van der Waals surface area contributed by atoms with Gasteiger partial charge in [0.2, 0.25) is 0 Å². The highest BCUT2D eigenvalue weighted by atomic mass is 16.5. The van der Waals surface area contributed by atoms with Crippen LogP contribution < -0.4 is 15.4 Å². The predicted molar refractivity (Wildman–Crippen MR) is 97.4 cm³/mol. The zero-order valence-corrected chi connectivity index (χ0v) is 13.7. The van der Waals surface area contributed by atoms with Crippen molar-refractivity contribution in [2.24, 2.45) is 0 Å². The number of benzene rings is 2. The molecule has 0 aliphatic carbocycles. The number of hydrogen-bond donors (Lipinski definition) is 2. The summed E-state index contributed by atoms with van der Waals surface area (Å²) in [6.07, 6.45) is 1.47. The van der Waals surface area contributed by atoms with Gasteiger partial charge in [-0.1, -0.05) is 12.1 Å². The summed E-state index contributed by atoms with van der Waals surface area (Å²) in [7, 11) is 0. The second-order valence-corrected chi connectivity index (χ2v) is 5.15. The number of nitrogens with zero attached hydrogens (tertiary/aromatic N) is 3. The standard InChI is InChI=1S/C19H17N5O/c1-2-25-16-9-7-15(8-10-16)23-18-11-19(22-13-21-18)24-17-6-4-3-5-14(17)12-20/h3-11,13H,2H2,1H3,(H2,21,22,23,24). The monoisotopic (exact) mass is 331 g/mol. The Bertz CT molecular complexity index is 887. The summed E-state index contributed by atoms with van der Waals surface area (Å²) in [6, 6.07) is 18.8. The predicted octanol–water partition coefficient (Wildman–Crippen LogP) is 4.23. The Kier molecular flexibility index (Phi) is 5.07. The van der Waals surface area contributed by atoms with E-state index in [4.69, 9.17) is 10.00 Å². The summed E-state index contributed by atoms with van der Waals surface area (Å²) >= 11 is 0. The first-order valence-corrected chi connectivity index (χ1v) is 7.86. The average molecular weight is 331 g/mol. The van der Waals surface area contributed by atoms with Crippen molar-refractivity contribution in [1.82, 2.24) is 9.97 Å². The van der Waals surface area contributed by atoms with Crippen molar-refractivity contribution in [3.8, 4) is 11.8 Å². The number of nitrogens with one attached hydrogen (secondary N) is 2. The molecule has 0 saturated carbocycles. The lowest BCUT2D eigenvalue weighted by Gasteiger charge is -2.10. The Hall–Kier alpha value is -3.59. The van der Waals surface area contributed by atoms with Crippen molar-refractivity contribution in [3.05, 3.63) is 66.5 Å². The van der Waals surface area contributed by atoms with Gasteiger partial charge in [0.25, 0.3) is 0 Å². The Morgan fingerprint density at radius 2 is 1.72 bits per heavy atom. The minimum absolute atomic E-state index is 0.558. The lowest BCUT2D eigenvalue weighted by atomic mass is 10.2. The quantitative estimate of drug-likeness (QED) is 0.703. The van der Waals surface area contributed by atoms with Gasteiger partial charge in [0.05, 0.1) is 17.9 Å². The lowest BCUT2D eigenvalue weighted by molar-refractivity contribution is 0.340. The molecule has 0 aliphatic heterocycles. The number of anilines is 4. The van der Waals surface area contributed by atoms with Gasteiger partial charge in [-0.25, -0.2) is 9.97 Å². The summed E-state index contributed by atoms with van der Waals surface area (Å²) in [6.45, 7) is 2.59. The molecular weight excluding hydrogens is 314 g/mol. The lowest BCUT2D eigenvalue weighted by Crippen LogP contribution is -1.99. The van der Waals surface area contributed by atoms with Crippen molar-refractivity contribution in [1.29, 1.82) is 5.26 Å². The van der Waals surface area contributed by atoms with Crippen molar-refractivity contribution < 1.29 is 4.74 Å². The minimum Gasteiger partial charge on any atom is -0.494 e. The van der Waals surface area contributed by atoms with Gasteiger partial charge in [-0.05, 0) is 43.3 Å². The third-order valence-corrected chi connectivity index (χ3v) is 3.42. The van der Waals surface area contributed by atoms with Crippen LogP contribution in [0.4, 0.5) is 23.0 Å². The molecule has 0 spiro atoms. The number of nitriles is 1. The van der Waals surface area contributed by atoms with Crippen LogP contribution in [0.5, 0.6) is 5.75 Å². The van der Waals surface area contributed by atoms with E-state index in [-0.39, 0.29) is 0 Å². The van der Waals surface area contributed by atoms with E-state index in [0.29, 0.717) is 29.5 Å². The molecule has 0 bridgehead atoms. The van der Waals surface area contributed by atoms with Crippen LogP contribution in [0, 0.1) is 11.3 Å². The third-order valence-electron chi connectivity index (χ3n) is 3.42. The van der Waals surface area contributed by atoms with Crippen LogP contribution in [-0.4, -0.2) is 16.6 Å². The Morgan fingerprint density at radius 3 is 2.44 bits per heavy atom. The van der Waals surface area contributed by atoms with Crippen LogP contribution >= 0.6 is 0 Å². The van der Waals surface area contributed by atoms with Crippen molar-refractivity contribution in [3.63, 3.8) is 0 Å². The molecule has 3 rings (SSSR count). The fraction of sp³-hybridized carbons (Fsp3) is 0.105. The highest BCUT2D eigenvalue weighted by Crippen LogP contribution is 2.22. The summed E-state index contributed by atoms with van der Waals surface area (Å²) in [5.41, 5.74) is 2.16. The second-order valence-electron chi connectivity index (χ2n) is 5.15. The third kappa shape index (κ3) is 4.24. The van der Waals surface area contributed by atoms with Crippen LogP contribution in [0.2, 0.25) is 0 Å². The molecule has 6 nitrogen and oxygen atoms in total. The molecule has 25 heavy (non-hydrogen) atoms. The van der Waals surface area contributed by atoms with E-state index in [1.54, 1.807) is 12.1 Å². The van der Waals surface area contributed by atoms with Gasteiger partial charge in [0.15, 0.2) is 0 Å². The van der Waals surface area contributed by atoms with E-state index in [0.717, 1.165) is 11.4 Å². The van der Waals surface area contributed by atoms with Crippen LogP contribution in [0.25, 0.3) is 0 Å². The number of aromatic nitrogens is 2. The number of ether oxygens (including phenoxy) is 1. The van der Waals surface area contributed by atoms with Gasteiger partial charge < -0.3 is 15.4 Å². The number of rotatable bonds is 6. The van der Waals surface area contributed by atoms with Gasteiger partial charge in [-0.3, -0.25) is 0 Å². The average Bonchev–Trinajstić information content (AvgIpc) is 2.64. The van der Waals surface area contributed by atoms with Crippen molar-refractivity contribution in [2.45, 2.75) is 6.92 Å². The molecule has 0 saturated heterocycles. The van der Waals surface area contributed by atoms with E-state index in [1.807, 2.05) is 49.4 Å². The van der Waals surface area contributed by atoms with Crippen molar-refractivity contribution in [2.75, 3.05) is 17.2 Å².